The molecule has 2 unspecified atom stereocenters. The number of hydrogen-bond donors (Lipinski definition) is 2. The number of carbonyl (C=O) groups excluding carboxylic acids is 1. The third-order valence-corrected chi connectivity index (χ3v) is 4.19. The molecule has 5 nitrogen and oxygen atoms in total. The fourth-order valence-corrected chi connectivity index (χ4v) is 2.19. The van der Waals surface area contributed by atoms with Crippen LogP contribution in [0.5, 0.6) is 0 Å². The van der Waals surface area contributed by atoms with Crippen LogP contribution in [0.25, 0.3) is 5.69 Å². The fraction of sp³-hybridized carbons (Fsp3) is 0.412. The van der Waals surface area contributed by atoms with Gasteiger partial charge in [0.05, 0.1) is 11.9 Å². The summed E-state index contributed by atoms with van der Waals surface area (Å²) in [6.07, 6.45) is 6.06. The monoisotopic (exact) mass is 301 g/mol. The van der Waals surface area contributed by atoms with Crippen molar-refractivity contribution in [3.05, 3.63) is 48.5 Å². The van der Waals surface area contributed by atoms with Gasteiger partial charge in [-0.05, 0) is 31.0 Å². The normalized spacial score (nSPS) is 15.1. The average molecular weight is 301 g/mol. The largest absolute Gasteiger partial charge is 0.388 e. The second kappa shape index (κ2) is 6.75. The minimum absolute atomic E-state index is 0.116. The van der Waals surface area contributed by atoms with Crippen LogP contribution in [0.15, 0.2) is 43.0 Å². The molecule has 0 fully saturated rings. The van der Waals surface area contributed by atoms with Gasteiger partial charge in [-0.3, -0.25) is 4.79 Å². The van der Waals surface area contributed by atoms with Gasteiger partial charge in [0, 0.05) is 30.2 Å². The van der Waals surface area contributed by atoms with Crippen LogP contribution in [0.4, 0.5) is 0 Å². The third-order valence-electron chi connectivity index (χ3n) is 4.19. The molecule has 2 N–H and O–H groups in total. The Kier molecular flexibility index (Phi) is 4.98. The Labute approximate surface area is 131 Å². The highest BCUT2D eigenvalue weighted by molar-refractivity contribution is 5.94. The Hall–Kier alpha value is -2.14. The zero-order chi connectivity index (χ0) is 16.2. The molecule has 0 radical (unpaired) electrons. The van der Waals surface area contributed by atoms with Gasteiger partial charge < -0.3 is 15.0 Å². The Morgan fingerprint density at radius 1 is 1.50 bits per heavy atom. The highest BCUT2D eigenvalue weighted by Crippen LogP contribution is 2.19. The molecule has 1 heterocycles. The second-order valence-corrected chi connectivity index (χ2v) is 5.87. The Balaban J connectivity index is 2.06. The molecule has 0 aliphatic carbocycles. The molecule has 0 bridgehead atoms. The molecule has 0 spiro atoms. The molecule has 0 aliphatic rings. The van der Waals surface area contributed by atoms with Crippen molar-refractivity contribution in [3.63, 3.8) is 0 Å². The van der Waals surface area contributed by atoms with Crippen molar-refractivity contribution in [2.24, 2.45) is 5.92 Å². The first-order chi connectivity index (χ1) is 10.4. The van der Waals surface area contributed by atoms with E-state index in [1.165, 1.54) is 0 Å². The predicted molar refractivity (Wildman–Crippen MR) is 86.0 cm³/mol. The number of nitrogens with zero attached hydrogens (tertiary/aromatic N) is 2. The van der Waals surface area contributed by atoms with E-state index in [9.17, 15) is 9.90 Å². The zero-order valence-corrected chi connectivity index (χ0v) is 13.3. The number of benzene rings is 1. The van der Waals surface area contributed by atoms with Gasteiger partial charge in [0.15, 0.2) is 0 Å². The van der Waals surface area contributed by atoms with E-state index in [0.717, 1.165) is 12.1 Å². The Morgan fingerprint density at radius 3 is 2.91 bits per heavy atom. The number of aliphatic hydroxyl groups is 1. The van der Waals surface area contributed by atoms with Crippen LogP contribution in [0.1, 0.15) is 37.6 Å². The molecule has 2 atom stereocenters. The summed E-state index contributed by atoms with van der Waals surface area (Å²) >= 11 is 0. The van der Waals surface area contributed by atoms with Crippen molar-refractivity contribution in [1.29, 1.82) is 0 Å². The molecular formula is C17H23N3O2. The number of hydrogen-bond acceptors (Lipinski definition) is 3. The molecule has 2 aromatic rings. The van der Waals surface area contributed by atoms with Gasteiger partial charge in [0.1, 0.15) is 0 Å². The summed E-state index contributed by atoms with van der Waals surface area (Å²) in [6, 6.07) is 7.30. The van der Waals surface area contributed by atoms with Crippen LogP contribution in [0.2, 0.25) is 0 Å². The Morgan fingerprint density at radius 2 is 2.27 bits per heavy atom. The van der Waals surface area contributed by atoms with E-state index < -0.39 is 5.60 Å². The van der Waals surface area contributed by atoms with Crippen LogP contribution in [-0.2, 0) is 0 Å². The molecular weight excluding hydrogens is 278 g/mol. The number of aromatic nitrogens is 2. The van der Waals surface area contributed by atoms with Crippen LogP contribution in [-0.4, -0.2) is 32.7 Å². The van der Waals surface area contributed by atoms with Crippen molar-refractivity contribution >= 4 is 5.91 Å². The van der Waals surface area contributed by atoms with E-state index in [0.29, 0.717) is 5.56 Å². The summed E-state index contributed by atoms with van der Waals surface area (Å²) in [7, 11) is 0. The van der Waals surface area contributed by atoms with Crippen molar-refractivity contribution in [2.45, 2.75) is 32.8 Å². The first-order valence-electron chi connectivity index (χ1n) is 7.53. The summed E-state index contributed by atoms with van der Waals surface area (Å²) in [5.74, 6) is -0.0735. The van der Waals surface area contributed by atoms with Gasteiger partial charge in [-0.15, -0.1) is 0 Å². The van der Waals surface area contributed by atoms with Crippen molar-refractivity contribution in [1.82, 2.24) is 14.9 Å². The van der Waals surface area contributed by atoms with Crippen LogP contribution in [0.3, 0.4) is 0 Å². The van der Waals surface area contributed by atoms with Gasteiger partial charge in [-0.25, -0.2) is 4.98 Å². The number of carbonyl (C=O) groups is 1. The summed E-state index contributed by atoms with van der Waals surface area (Å²) in [5.41, 5.74) is 0.525. The third kappa shape index (κ3) is 3.74. The van der Waals surface area contributed by atoms with E-state index in [1.807, 2.05) is 36.7 Å². The lowest BCUT2D eigenvalue weighted by Gasteiger charge is -2.29. The standard InChI is InChI=1S/C17H23N3O2/c1-4-13(2)17(3,22)11-19-16(21)14-6-5-7-15(10-14)20-9-8-18-12-20/h5-10,12-13,22H,4,11H2,1-3H3,(H,19,21). The van der Waals surface area contributed by atoms with Crippen LogP contribution < -0.4 is 5.32 Å². The first-order valence-corrected chi connectivity index (χ1v) is 7.53. The van der Waals surface area contributed by atoms with Crippen LogP contribution in [0, 0.1) is 5.92 Å². The molecule has 22 heavy (non-hydrogen) atoms. The quantitative estimate of drug-likeness (QED) is 0.861. The number of nitrogens with one attached hydrogen (secondary N) is 1. The lowest BCUT2D eigenvalue weighted by molar-refractivity contribution is 0.00593. The predicted octanol–water partition coefficient (Wildman–Crippen LogP) is 2.40. The smallest absolute Gasteiger partial charge is 0.251 e. The number of rotatable bonds is 6. The minimum atomic E-state index is -0.910. The maximum atomic E-state index is 12.3. The van der Waals surface area contributed by atoms with Gasteiger partial charge in [0.25, 0.3) is 5.91 Å². The molecule has 1 amide bonds. The Bertz CT molecular complexity index is 621. The molecule has 0 saturated carbocycles. The second-order valence-electron chi connectivity index (χ2n) is 5.87. The number of amides is 1. The molecule has 5 heteroatoms. The van der Waals surface area contributed by atoms with E-state index in [-0.39, 0.29) is 18.4 Å². The van der Waals surface area contributed by atoms with Gasteiger partial charge in [-0.1, -0.05) is 26.3 Å². The molecule has 118 valence electrons. The molecule has 0 saturated heterocycles. The summed E-state index contributed by atoms with van der Waals surface area (Å²) in [5, 5.41) is 13.2. The van der Waals surface area contributed by atoms with E-state index >= 15 is 0 Å². The van der Waals surface area contributed by atoms with Crippen molar-refractivity contribution in [2.75, 3.05) is 6.54 Å². The summed E-state index contributed by atoms with van der Waals surface area (Å²) in [6.45, 7) is 5.99. The van der Waals surface area contributed by atoms with E-state index in [2.05, 4.69) is 10.3 Å². The summed E-state index contributed by atoms with van der Waals surface area (Å²) in [4.78, 5) is 16.3. The van der Waals surface area contributed by atoms with Crippen molar-refractivity contribution < 1.29 is 9.90 Å². The van der Waals surface area contributed by atoms with Gasteiger partial charge in [0.2, 0.25) is 0 Å². The van der Waals surface area contributed by atoms with Gasteiger partial charge >= 0.3 is 0 Å². The molecule has 1 aromatic heterocycles. The number of imidazole rings is 1. The first kappa shape index (κ1) is 16.2. The zero-order valence-electron chi connectivity index (χ0n) is 13.3. The lowest BCUT2D eigenvalue weighted by Crippen LogP contribution is -2.45. The SMILES string of the molecule is CCC(C)C(C)(O)CNC(=O)c1cccc(-n2ccnc2)c1. The highest BCUT2D eigenvalue weighted by atomic mass is 16.3. The molecule has 0 aliphatic heterocycles. The maximum absolute atomic E-state index is 12.3. The highest BCUT2D eigenvalue weighted by Gasteiger charge is 2.27. The lowest BCUT2D eigenvalue weighted by atomic mass is 9.88. The average Bonchev–Trinajstić information content (AvgIpc) is 3.06. The summed E-state index contributed by atoms with van der Waals surface area (Å²) < 4.78 is 1.84. The maximum Gasteiger partial charge on any atom is 0.251 e. The van der Waals surface area contributed by atoms with Crippen molar-refractivity contribution in [3.8, 4) is 5.69 Å². The fourth-order valence-electron chi connectivity index (χ4n) is 2.19. The van der Waals surface area contributed by atoms with E-state index in [1.54, 1.807) is 31.6 Å². The van der Waals surface area contributed by atoms with Crippen LogP contribution >= 0.6 is 0 Å². The van der Waals surface area contributed by atoms with Gasteiger partial charge in [-0.2, -0.15) is 0 Å². The molecule has 1 aromatic carbocycles. The topological polar surface area (TPSA) is 67.2 Å². The molecule has 2 rings (SSSR count). The minimum Gasteiger partial charge on any atom is -0.388 e. The van der Waals surface area contributed by atoms with E-state index in [4.69, 9.17) is 0 Å².